The number of hydrogen-bond acceptors (Lipinski definition) is 4. The summed E-state index contributed by atoms with van der Waals surface area (Å²) in [5, 5.41) is 0. The molecule has 29 heavy (non-hydrogen) atoms. The van der Waals surface area contributed by atoms with Crippen molar-refractivity contribution in [3.05, 3.63) is 52.7 Å². The minimum Gasteiger partial charge on any atom is -0.353 e. The van der Waals surface area contributed by atoms with Crippen LogP contribution >= 0.6 is 11.6 Å². The second-order valence-corrected chi connectivity index (χ2v) is 8.49. The first-order chi connectivity index (χ1) is 13.7. The number of aromatic nitrogens is 2. The first-order valence-corrected chi connectivity index (χ1v) is 10.4. The van der Waals surface area contributed by atoms with E-state index in [2.05, 4.69) is 14.9 Å². The zero-order valence-corrected chi connectivity index (χ0v) is 18.3. The predicted molar refractivity (Wildman–Crippen MR) is 114 cm³/mol. The maximum absolute atomic E-state index is 14.2. The molecule has 1 saturated heterocycles. The van der Waals surface area contributed by atoms with Gasteiger partial charge in [-0.2, -0.15) is 0 Å². The van der Waals surface area contributed by atoms with Gasteiger partial charge in [0.2, 0.25) is 5.91 Å². The number of nitrogens with zero attached hydrogens (tertiary/aromatic N) is 4. The molecule has 0 saturated carbocycles. The fourth-order valence-electron chi connectivity index (χ4n) is 3.63. The Morgan fingerprint density at radius 2 is 1.79 bits per heavy atom. The van der Waals surface area contributed by atoms with Gasteiger partial charge in [0.1, 0.15) is 17.5 Å². The lowest BCUT2D eigenvalue weighted by Crippen LogP contribution is -2.53. The summed E-state index contributed by atoms with van der Waals surface area (Å²) in [6.45, 7) is 10.1. The molecule has 0 bridgehead atoms. The van der Waals surface area contributed by atoms with Crippen LogP contribution in [-0.2, 0) is 11.2 Å². The van der Waals surface area contributed by atoms with E-state index in [4.69, 9.17) is 11.6 Å². The second kappa shape index (κ2) is 8.66. The molecule has 0 spiro atoms. The number of aryl methyl sites for hydroxylation is 2. The molecule has 2 aromatic rings. The molecule has 5 nitrogen and oxygen atoms in total. The van der Waals surface area contributed by atoms with Gasteiger partial charge in [-0.3, -0.25) is 4.79 Å². The molecular weight excluding hydrogens is 391 g/mol. The highest BCUT2D eigenvalue weighted by molar-refractivity contribution is 6.19. The molecule has 7 heteroatoms. The quantitative estimate of drug-likeness (QED) is 0.694. The van der Waals surface area contributed by atoms with Gasteiger partial charge >= 0.3 is 0 Å². The van der Waals surface area contributed by atoms with Crippen LogP contribution in [0.5, 0.6) is 0 Å². The molecule has 0 unspecified atom stereocenters. The first kappa shape index (κ1) is 21.5. The summed E-state index contributed by atoms with van der Waals surface area (Å²) in [5.74, 6) is 1.67. The zero-order chi connectivity index (χ0) is 21.2. The molecule has 1 fully saturated rings. The van der Waals surface area contributed by atoms with Crippen LogP contribution in [0.25, 0.3) is 0 Å². The van der Waals surface area contributed by atoms with E-state index in [-0.39, 0.29) is 11.7 Å². The van der Waals surface area contributed by atoms with Crippen molar-refractivity contribution in [3.8, 4) is 0 Å². The Labute approximate surface area is 176 Å². The molecule has 1 aliphatic rings. The standard InChI is InChI=1S/C22H28ClFN4O/c1-15-18(13-17-7-5-6-8-19(17)24)20(26-16(2)25-15)27-9-11-28(12-10-27)21(29)22(3,4)14-23/h5-8H,9-14H2,1-4H3. The highest BCUT2D eigenvalue weighted by Gasteiger charge is 2.33. The third kappa shape index (κ3) is 4.69. The zero-order valence-electron chi connectivity index (χ0n) is 17.5. The van der Waals surface area contributed by atoms with Crippen molar-refractivity contribution < 1.29 is 9.18 Å². The van der Waals surface area contributed by atoms with Crippen molar-refractivity contribution in [1.29, 1.82) is 0 Å². The molecule has 1 aliphatic heterocycles. The highest BCUT2D eigenvalue weighted by atomic mass is 35.5. The van der Waals surface area contributed by atoms with Crippen LogP contribution in [0.2, 0.25) is 0 Å². The molecule has 3 rings (SSSR count). The number of carbonyl (C=O) groups is 1. The van der Waals surface area contributed by atoms with Crippen molar-refractivity contribution in [2.75, 3.05) is 37.0 Å². The molecule has 0 atom stereocenters. The van der Waals surface area contributed by atoms with E-state index in [1.165, 1.54) is 6.07 Å². The number of amides is 1. The molecule has 1 amide bonds. The number of benzene rings is 1. The molecule has 0 aliphatic carbocycles. The summed E-state index contributed by atoms with van der Waals surface area (Å²) >= 11 is 5.97. The van der Waals surface area contributed by atoms with Gasteiger partial charge in [-0.05, 0) is 39.3 Å². The first-order valence-electron chi connectivity index (χ1n) is 9.90. The number of carbonyl (C=O) groups excluding carboxylic acids is 1. The van der Waals surface area contributed by atoms with Gasteiger partial charge < -0.3 is 9.80 Å². The van der Waals surface area contributed by atoms with E-state index < -0.39 is 5.41 Å². The number of anilines is 1. The van der Waals surface area contributed by atoms with E-state index in [1.807, 2.05) is 38.7 Å². The number of alkyl halides is 1. The van der Waals surface area contributed by atoms with Crippen LogP contribution < -0.4 is 4.90 Å². The van der Waals surface area contributed by atoms with E-state index in [9.17, 15) is 9.18 Å². The summed E-state index contributed by atoms with van der Waals surface area (Å²) in [6, 6.07) is 6.80. The van der Waals surface area contributed by atoms with Crippen LogP contribution in [0.3, 0.4) is 0 Å². The monoisotopic (exact) mass is 418 g/mol. The molecule has 0 radical (unpaired) electrons. The summed E-state index contributed by atoms with van der Waals surface area (Å²) < 4.78 is 14.2. The predicted octanol–water partition coefficient (Wildman–Crippen LogP) is 3.74. The lowest BCUT2D eigenvalue weighted by Gasteiger charge is -2.39. The Morgan fingerprint density at radius 3 is 2.41 bits per heavy atom. The van der Waals surface area contributed by atoms with Crippen molar-refractivity contribution in [2.24, 2.45) is 5.41 Å². The number of hydrogen-bond donors (Lipinski definition) is 0. The Morgan fingerprint density at radius 1 is 1.14 bits per heavy atom. The fourth-order valence-corrected chi connectivity index (χ4v) is 3.74. The summed E-state index contributed by atoms with van der Waals surface area (Å²) in [5.41, 5.74) is 1.85. The smallest absolute Gasteiger partial charge is 0.229 e. The lowest BCUT2D eigenvalue weighted by molar-refractivity contribution is -0.139. The average Bonchev–Trinajstić information content (AvgIpc) is 2.70. The average molecular weight is 419 g/mol. The van der Waals surface area contributed by atoms with Gasteiger partial charge in [0.05, 0.1) is 5.41 Å². The maximum Gasteiger partial charge on any atom is 0.229 e. The van der Waals surface area contributed by atoms with Gasteiger partial charge in [0, 0.05) is 49.7 Å². The largest absolute Gasteiger partial charge is 0.353 e. The van der Waals surface area contributed by atoms with Gasteiger partial charge in [-0.1, -0.05) is 18.2 Å². The molecule has 1 aromatic carbocycles. The van der Waals surface area contributed by atoms with Crippen molar-refractivity contribution in [1.82, 2.24) is 14.9 Å². The van der Waals surface area contributed by atoms with E-state index >= 15 is 0 Å². The Hall–Kier alpha value is -2.21. The number of rotatable bonds is 5. The van der Waals surface area contributed by atoms with E-state index in [1.54, 1.807) is 12.1 Å². The van der Waals surface area contributed by atoms with E-state index in [0.717, 1.165) is 17.1 Å². The van der Waals surface area contributed by atoms with Gasteiger partial charge in [0.15, 0.2) is 0 Å². The highest BCUT2D eigenvalue weighted by Crippen LogP contribution is 2.27. The van der Waals surface area contributed by atoms with Crippen molar-refractivity contribution in [2.45, 2.75) is 34.1 Å². The van der Waals surface area contributed by atoms with Gasteiger partial charge in [-0.15, -0.1) is 11.6 Å². The Balaban J connectivity index is 1.83. The normalized spacial score (nSPS) is 15.0. The fraction of sp³-hybridized carbons (Fsp3) is 0.500. The maximum atomic E-state index is 14.2. The topological polar surface area (TPSA) is 49.3 Å². The number of halogens is 2. The third-order valence-corrected chi connectivity index (χ3v) is 6.08. The van der Waals surface area contributed by atoms with Crippen LogP contribution in [0.15, 0.2) is 24.3 Å². The number of piperazine rings is 1. The van der Waals surface area contributed by atoms with Gasteiger partial charge in [0.25, 0.3) is 0 Å². The molecule has 156 valence electrons. The van der Waals surface area contributed by atoms with Gasteiger partial charge in [-0.25, -0.2) is 14.4 Å². The van der Waals surface area contributed by atoms with Crippen molar-refractivity contribution >= 4 is 23.3 Å². The van der Waals surface area contributed by atoms with Crippen LogP contribution in [0.4, 0.5) is 10.2 Å². The van der Waals surface area contributed by atoms with Crippen molar-refractivity contribution in [3.63, 3.8) is 0 Å². The molecular formula is C22H28ClFN4O. The minimum atomic E-state index is -0.568. The molecule has 1 aromatic heterocycles. The van der Waals surface area contributed by atoms with Crippen LogP contribution in [0.1, 0.15) is 36.5 Å². The second-order valence-electron chi connectivity index (χ2n) is 8.22. The third-order valence-electron chi connectivity index (χ3n) is 5.41. The Bertz CT molecular complexity index is 894. The van der Waals surface area contributed by atoms with E-state index in [0.29, 0.717) is 49.9 Å². The Kier molecular flexibility index (Phi) is 6.42. The summed E-state index contributed by atoms with van der Waals surface area (Å²) in [7, 11) is 0. The summed E-state index contributed by atoms with van der Waals surface area (Å²) in [4.78, 5) is 25.9. The molecule has 2 heterocycles. The SMILES string of the molecule is Cc1nc(C)c(Cc2ccccc2F)c(N2CCN(C(=O)C(C)(C)CCl)CC2)n1. The van der Waals surface area contributed by atoms with Crippen LogP contribution in [-0.4, -0.2) is 52.8 Å². The lowest BCUT2D eigenvalue weighted by atomic mass is 9.94. The summed E-state index contributed by atoms with van der Waals surface area (Å²) in [6.07, 6.45) is 0.437. The molecule has 0 N–H and O–H groups in total. The minimum absolute atomic E-state index is 0.0776. The van der Waals surface area contributed by atoms with Crippen LogP contribution in [0, 0.1) is 25.1 Å².